The van der Waals surface area contributed by atoms with Gasteiger partial charge >= 0.3 is 0 Å². The number of benzene rings is 1. The Morgan fingerprint density at radius 1 is 1.04 bits per heavy atom. The number of unbranched alkanes of at least 4 members (excludes halogenated alkanes) is 2. The van der Waals surface area contributed by atoms with Crippen molar-refractivity contribution in [2.24, 2.45) is 0 Å². The molecule has 3 heterocycles. The van der Waals surface area contributed by atoms with Gasteiger partial charge in [-0.15, -0.1) is 10.2 Å². The topological polar surface area (TPSA) is 51.8 Å². The van der Waals surface area contributed by atoms with Crippen molar-refractivity contribution in [1.82, 2.24) is 24.5 Å². The molecule has 1 aliphatic rings. The molecule has 1 saturated heterocycles. The predicted octanol–water partition coefficient (Wildman–Crippen LogP) is 4.68. The van der Waals surface area contributed by atoms with Gasteiger partial charge in [-0.05, 0) is 49.9 Å². The van der Waals surface area contributed by atoms with E-state index in [2.05, 4.69) is 30.8 Å². The van der Waals surface area contributed by atoms with Crippen molar-refractivity contribution < 1.29 is 0 Å². The molecule has 148 valence electrons. The fourth-order valence-corrected chi connectivity index (χ4v) is 4.60. The summed E-state index contributed by atoms with van der Waals surface area (Å²) < 4.78 is 4.15. The average molecular weight is 417 g/mol. The molecule has 4 rings (SSSR count). The van der Waals surface area contributed by atoms with Gasteiger partial charge in [0, 0.05) is 42.8 Å². The van der Waals surface area contributed by atoms with Crippen LogP contribution in [-0.2, 0) is 6.54 Å². The third-order valence-corrected chi connectivity index (χ3v) is 6.14. The summed E-state index contributed by atoms with van der Waals surface area (Å²) in [6.45, 7) is 3.06. The molecule has 6 nitrogen and oxygen atoms in total. The van der Waals surface area contributed by atoms with Crippen molar-refractivity contribution in [2.75, 3.05) is 23.7 Å². The molecule has 0 radical (unpaired) electrons. The first kappa shape index (κ1) is 19.3. The number of thioether (sulfide) groups is 1. The Balaban J connectivity index is 1.40. The molecule has 0 bridgehead atoms. The second-order valence-corrected chi connectivity index (χ2v) is 8.47. The Morgan fingerprint density at radius 3 is 2.71 bits per heavy atom. The van der Waals surface area contributed by atoms with Gasteiger partial charge in [0.1, 0.15) is 0 Å². The fourth-order valence-electron chi connectivity index (χ4n) is 3.47. The smallest absolute Gasteiger partial charge is 0.232 e. The van der Waals surface area contributed by atoms with Crippen LogP contribution in [0.4, 0.5) is 5.95 Å². The molecule has 8 heteroatoms. The summed E-state index contributed by atoms with van der Waals surface area (Å²) in [5.41, 5.74) is 1.03. The molecule has 0 atom stereocenters. The summed E-state index contributed by atoms with van der Waals surface area (Å²) >= 11 is 8.02. The predicted molar refractivity (Wildman–Crippen MR) is 115 cm³/mol. The van der Waals surface area contributed by atoms with Crippen LogP contribution in [0.3, 0.4) is 0 Å². The van der Waals surface area contributed by atoms with E-state index in [-0.39, 0.29) is 0 Å². The van der Waals surface area contributed by atoms with Crippen LogP contribution in [0.15, 0.2) is 47.9 Å². The molecule has 1 fully saturated rings. The second kappa shape index (κ2) is 9.47. The zero-order chi connectivity index (χ0) is 19.2. The molecule has 1 aliphatic heterocycles. The Hall–Kier alpha value is -1.99. The highest BCUT2D eigenvalue weighted by Gasteiger charge is 2.22. The molecule has 0 spiro atoms. The van der Waals surface area contributed by atoms with Crippen molar-refractivity contribution in [3.63, 3.8) is 0 Å². The number of anilines is 1. The van der Waals surface area contributed by atoms with Crippen LogP contribution < -0.4 is 4.90 Å². The molecule has 3 aromatic rings. The Bertz CT molecular complexity index is 873. The first-order valence-corrected chi connectivity index (χ1v) is 11.2. The molecule has 1 aromatic carbocycles. The van der Waals surface area contributed by atoms with Crippen molar-refractivity contribution in [3.05, 3.63) is 47.7 Å². The lowest BCUT2D eigenvalue weighted by Gasteiger charge is -2.18. The molecule has 0 unspecified atom stereocenters. The number of hydrogen-bond donors (Lipinski definition) is 0. The average Bonchev–Trinajstić information content (AvgIpc) is 3.46. The monoisotopic (exact) mass is 416 g/mol. The third kappa shape index (κ3) is 4.70. The lowest BCUT2D eigenvalue weighted by molar-refractivity contribution is 0.554. The minimum absolute atomic E-state index is 0.730. The van der Waals surface area contributed by atoms with Gasteiger partial charge in [0.05, 0.1) is 5.69 Å². The van der Waals surface area contributed by atoms with E-state index in [0.717, 1.165) is 60.0 Å². The SMILES string of the molecule is Clc1cccc(-n2c(SCCCCCn3cccn3)nnc2N2CCCC2)c1. The van der Waals surface area contributed by atoms with Crippen LogP contribution in [0.2, 0.25) is 5.02 Å². The largest absolute Gasteiger partial charge is 0.341 e. The molecular formula is C20H25ClN6S. The minimum Gasteiger partial charge on any atom is -0.341 e. The lowest BCUT2D eigenvalue weighted by atomic mass is 10.2. The zero-order valence-electron chi connectivity index (χ0n) is 15.9. The van der Waals surface area contributed by atoms with Gasteiger partial charge in [0.2, 0.25) is 5.95 Å². The van der Waals surface area contributed by atoms with Crippen molar-refractivity contribution in [3.8, 4) is 5.69 Å². The molecule has 0 aliphatic carbocycles. The maximum Gasteiger partial charge on any atom is 0.232 e. The number of halogens is 1. The quantitative estimate of drug-likeness (QED) is 0.374. The first-order valence-electron chi connectivity index (χ1n) is 9.88. The molecular weight excluding hydrogens is 392 g/mol. The molecule has 28 heavy (non-hydrogen) atoms. The van der Waals surface area contributed by atoms with Crippen molar-refractivity contribution >= 4 is 29.3 Å². The summed E-state index contributed by atoms with van der Waals surface area (Å²) in [6.07, 6.45) is 9.73. The Labute approximate surface area is 174 Å². The van der Waals surface area contributed by atoms with E-state index in [0.29, 0.717) is 0 Å². The van der Waals surface area contributed by atoms with Gasteiger partial charge in [0.15, 0.2) is 5.16 Å². The highest BCUT2D eigenvalue weighted by atomic mass is 35.5. The van der Waals surface area contributed by atoms with E-state index < -0.39 is 0 Å². The van der Waals surface area contributed by atoms with Gasteiger partial charge in [-0.3, -0.25) is 9.25 Å². The number of aromatic nitrogens is 5. The first-order chi connectivity index (χ1) is 13.8. The summed E-state index contributed by atoms with van der Waals surface area (Å²) in [7, 11) is 0. The third-order valence-electron chi connectivity index (χ3n) is 4.89. The fraction of sp³-hybridized carbons (Fsp3) is 0.450. The van der Waals surface area contributed by atoms with Gasteiger partial charge < -0.3 is 4.90 Å². The lowest BCUT2D eigenvalue weighted by Crippen LogP contribution is -2.22. The molecule has 0 amide bonds. The van der Waals surface area contributed by atoms with E-state index in [1.165, 1.54) is 19.3 Å². The van der Waals surface area contributed by atoms with E-state index in [9.17, 15) is 0 Å². The maximum absolute atomic E-state index is 6.25. The highest BCUT2D eigenvalue weighted by Crippen LogP contribution is 2.30. The molecule has 0 saturated carbocycles. The number of nitrogens with zero attached hydrogens (tertiary/aromatic N) is 6. The summed E-state index contributed by atoms with van der Waals surface area (Å²) in [5, 5.41) is 14.9. The van der Waals surface area contributed by atoms with Crippen LogP contribution in [0.5, 0.6) is 0 Å². The zero-order valence-corrected chi connectivity index (χ0v) is 17.4. The summed E-state index contributed by atoms with van der Waals surface area (Å²) in [5.74, 6) is 1.96. The normalized spacial score (nSPS) is 14.1. The van der Waals surface area contributed by atoms with E-state index in [1.807, 2.05) is 41.3 Å². The second-order valence-electron chi connectivity index (χ2n) is 6.97. The Morgan fingerprint density at radius 2 is 1.93 bits per heavy atom. The van der Waals surface area contributed by atoms with E-state index >= 15 is 0 Å². The maximum atomic E-state index is 6.25. The van der Waals surface area contributed by atoms with Crippen LogP contribution >= 0.6 is 23.4 Å². The highest BCUT2D eigenvalue weighted by molar-refractivity contribution is 7.99. The van der Waals surface area contributed by atoms with Crippen LogP contribution in [0.1, 0.15) is 32.1 Å². The molecule has 0 N–H and O–H groups in total. The van der Waals surface area contributed by atoms with Gasteiger partial charge in [0.25, 0.3) is 0 Å². The van der Waals surface area contributed by atoms with Gasteiger partial charge in [-0.1, -0.05) is 35.9 Å². The van der Waals surface area contributed by atoms with Gasteiger partial charge in [-0.2, -0.15) is 5.10 Å². The summed E-state index contributed by atoms with van der Waals surface area (Å²) in [4.78, 5) is 2.32. The number of rotatable bonds is 9. The van der Waals surface area contributed by atoms with Crippen LogP contribution in [-0.4, -0.2) is 43.4 Å². The molecule has 2 aromatic heterocycles. The minimum atomic E-state index is 0.730. The van der Waals surface area contributed by atoms with Crippen molar-refractivity contribution in [1.29, 1.82) is 0 Å². The van der Waals surface area contributed by atoms with Gasteiger partial charge in [-0.25, -0.2) is 0 Å². The Kier molecular flexibility index (Phi) is 6.54. The number of hydrogen-bond acceptors (Lipinski definition) is 5. The van der Waals surface area contributed by atoms with Crippen LogP contribution in [0.25, 0.3) is 5.69 Å². The summed E-state index contributed by atoms with van der Waals surface area (Å²) in [6, 6.07) is 9.91. The number of aryl methyl sites for hydroxylation is 1. The van der Waals surface area contributed by atoms with E-state index in [4.69, 9.17) is 11.6 Å². The van der Waals surface area contributed by atoms with Crippen molar-refractivity contribution in [2.45, 2.75) is 43.8 Å². The standard InChI is InChI=1S/C20H25ClN6S/c21-17-8-6-9-18(16-17)27-19(25-11-3-4-12-25)23-24-20(27)28-15-5-1-2-13-26-14-7-10-22-26/h6-10,14,16H,1-5,11-13,15H2. The van der Waals surface area contributed by atoms with Crippen LogP contribution in [0, 0.1) is 0 Å². The van der Waals surface area contributed by atoms with E-state index in [1.54, 1.807) is 11.8 Å².